The van der Waals surface area contributed by atoms with Gasteiger partial charge < -0.3 is 10.8 Å². The molecule has 0 fully saturated rings. The Balaban J connectivity index is 0.00000200. The van der Waals surface area contributed by atoms with Crippen LogP contribution >= 0.6 is 35.6 Å². The topological polar surface area (TPSA) is 46.2 Å². The maximum atomic E-state index is 10.2. The molecule has 0 aliphatic heterocycles. The molecule has 0 unspecified atom stereocenters. The lowest BCUT2D eigenvalue weighted by Crippen LogP contribution is -2.28. The summed E-state index contributed by atoms with van der Waals surface area (Å²) in [4.78, 5) is 0. The van der Waals surface area contributed by atoms with Crippen molar-refractivity contribution >= 4 is 35.6 Å². The van der Waals surface area contributed by atoms with E-state index in [0.717, 1.165) is 5.56 Å². The normalized spacial score (nSPS) is 13.4. The molecule has 2 aromatic carbocycles. The molecule has 0 amide bonds. The van der Waals surface area contributed by atoms with Crippen LogP contribution in [0.4, 0.5) is 0 Å². The number of hydrogen-bond acceptors (Lipinski definition) is 2. The van der Waals surface area contributed by atoms with Crippen molar-refractivity contribution in [1.82, 2.24) is 0 Å². The maximum Gasteiger partial charge on any atom is 0.0773 e. The van der Waals surface area contributed by atoms with Crippen LogP contribution in [-0.4, -0.2) is 11.2 Å². The molecule has 0 spiro atoms. The van der Waals surface area contributed by atoms with Crippen LogP contribution in [0.5, 0.6) is 0 Å². The molecule has 0 aliphatic rings. The summed E-state index contributed by atoms with van der Waals surface area (Å²) in [6.45, 7) is 0. The van der Waals surface area contributed by atoms with Gasteiger partial charge in [-0.2, -0.15) is 0 Å². The van der Waals surface area contributed by atoms with E-state index in [-0.39, 0.29) is 12.4 Å². The van der Waals surface area contributed by atoms with E-state index in [2.05, 4.69) is 0 Å². The van der Waals surface area contributed by atoms with Crippen molar-refractivity contribution in [3.63, 3.8) is 0 Å². The van der Waals surface area contributed by atoms with Crippen LogP contribution in [0.2, 0.25) is 10.0 Å². The molecule has 5 heteroatoms. The van der Waals surface area contributed by atoms with Gasteiger partial charge in [-0.1, -0.05) is 53.5 Å². The number of hydrogen-bond donors (Lipinski definition) is 2. The summed E-state index contributed by atoms with van der Waals surface area (Å²) in [6, 6.07) is 14.2. The Hall–Kier alpha value is -0.770. The third-order valence-electron chi connectivity index (χ3n) is 3.02. The highest BCUT2D eigenvalue weighted by Gasteiger charge is 2.20. The largest absolute Gasteiger partial charge is 0.391 e. The molecule has 0 bridgehead atoms. The first-order valence-corrected chi connectivity index (χ1v) is 6.76. The minimum atomic E-state index is -0.710. The van der Waals surface area contributed by atoms with E-state index in [1.54, 1.807) is 18.2 Å². The molecular formula is C15H16Cl3NO. The van der Waals surface area contributed by atoms with Gasteiger partial charge in [0, 0.05) is 16.5 Å². The fourth-order valence-electron chi connectivity index (χ4n) is 1.96. The van der Waals surface area contributed by atoms with Crippen molar-refractivity contribution in [2.75, 3.05) is 0 Å². The Bertz CT molecular complexity index is 548. The van der Waals surface area contributed by atoms with E-state index >= 15 is 0 Å². The number of benzene rings is 2. The molecule has 0 aliphatic carbocycles. The number of nitrogens with two attached hydrogens (primary N) is 1. The van der Waals surface area contributed by atoms with Gasteiger partial charge in [0.2, 0.25) is 0 Å². The van der Waals surface area contributed by atoms with E-state index in [1.807, 2.05) is 30.3 Å². The summed E-state index contributed by atoms with van der Waals surface area (Å²) in [7, 11) is 0. The summed E-state index contributed by atoms with van der Waals surface area (Å²) in [5, 5.41) is 11.3. The van der Waals surface area contributed by atoms with Crippen LogP contribution in [0.25, 0.3) is 0 Å². The van der Waals surface area contributed by atoms with Crippen molar-refractivity contribution in [3.05, 3.63) is 69.7 Å². The SMILES string of the molecule is Cl.N[C@H](c1cc(Cl)ccc1Cl)[C@@H](O)Cc1ccccc1. The minimum Gasteiger partial charge on any atom is -0.391 e. The van der Waals surface area contributed by atoms with Crippen LogP contribution in [-0.2, 0) is 6.42 Å². The molecule has 0 heterocycles. The Labute approximate surface area is 134 Å². The summed E-state index contributed by atoms with van der Waals surface area (Å²) in [5.41, 5.74) is 7.76. The van der Waals surface area contributed by atoms with Gasteiger partial charge in [0.05, 0.1) is 12.1 Å². The third-order valence-corrected chi connectivity index (χ3v) is 3.60. The van der Waals surface area contributed by atoms with E-state index in [1.165, 1.54) is 0 Å². The smallest absolute Gasteiger partial charge is 0.0773 e. The first kappa shape index (κ1) is 17.3. The van der Waals surface area contributed by atoms with Crippen LogP contribution in [0.1, 0.15) is 17.2 Å². The lowest BCUT2D eigenvalue weighted by atomic mass is 9.97. The average molecular weight is 333 g/mol. The summed E-state index contributed by atoms with van der Waals surface area (Å²) in [6.07, 6.45) is -0.233. The van der Waals surface area contributed by atoms with E-state index in [4.69, 9.17) is 28.9 Å². The van der Waals surface area contributed by atoms with Crippen molar-refractivity contribution in [2.24, 2.45) is 5.73 Å². The predicted molar refractivity (Wildman–Crippen MR) is 86.8 cm³/mol. The Morgan fingerprint density at radius 3 is 2.35 bits per heavy atom. The molecule has 2 aromatic rings. The van der Waals surface area contributed by atoms with Crippen molar-refractivity contribution in [1.29, 1.82) is 0 Å². The minimum absolute atomic E-state index is 0. The van der Waals surface area contributed by atoms with E-state index in [0.29, 0.717) is 22.0 Å². The summed E-state index contributed by atoms with van der Waals surface area (Å²) < 4.78 is 0. The molecule has 0 saturated carbocycles. The molecule has 0 radical (unpaired) electrons. The molecule has 0 saturated heterocycles. The van der Waals surface area contributed by atoms with E-state index in [9.17, 15) is 5.11 Å². The monoisotopic (exact) mass is 331 g/mol. The predicted octanol–water partition coefficient (Wildman–Crippen LogP) is 4.02. The zero-order chi connectivity index (χ0) is 13.8. The number of aliphatic hydroxyl groups is 1. The van der Waals surface area contributed by atoms with Gasteiger partial charge >= 0.3 is 0 Å². The second-order valence-corrected chi connectivity index (χ2v) is 5.29. The quantitative estimate of drug-likeness (QED) is 0.888. The standard InChI is InChI=1S/C15H15Cl2NO.ClH/c16-11-6-7-13(17)12(9-11)15(18)14(19)8-10-4-2-1-3-5-10;/h1-7,9,14-15,19H,8,18H2;1H/t14-,15+;/m0./s1. The molecule has 3 N–H and O–H groups in total. The molecule has 2 nitrogen and oxygen atoms in total. The van der Waals surface area contributed by atoms with Crippen molar-refractivity contribution in [2.45, 2.75) is 18.6 Å². The van der Waals surface area contributed by atoms with Crippen LogP contribution in [0, 0.1) is 0 Å². The zero-order valence-electron chi connectivity index (χ0n) is 10.7. The molecule has 2 atom stereocenters. The molecule has 20 heavy (non-hydrogen) atoms. The third kappa shape index (κ3) is 4.37. The highest BCUT2D eigenvalue weighted by atomic mass is 35.5. The lowest BCUT2D eigenvalue weighted by molar-refractivity contribution is 0.145. The van der Waals surface area contributed by atoms with Gasteiger partial charge in [0.15, 0.2) is 0 Å². The second kappa shape index (κ2) is 7.87. The van der Waals surface area contributed by atoms with Crippen LogP contribution in [0.15, 0.2) is 48.5 Å². The number of rotatable bonds is 4. The summed E-state index contributed by atoms with van der Waals surface area (Å²) >= 11 is 12.0. The fourth-order valence-corrected chi connectivity index (χ4v) is 2.38. The molecule has 2 rings (SSSR count). The van der Waals surface area contributed by atoms with Gasteiger partial charge in [-0.15, -0.1) is 12.4 Å². The molecular weight excluding hydrogens is 317 g/mol. The lowest BCUT2D eigenvalue weighted by Gasteiger charge is -2.20. The van der Waals surface area contributed by atoms with Gasteiger partial charge in [-0.05, 0) is 29.3 Å². The maximum absolute atomic E-state index is 10.2. The highest BCUT2D eigenvalue weighted by Crippen LogP contribution is 2.27. The molecule has 0 aromatic heterocycles. The van der Waals surface area contributed by atoms with Crippen molar-refractivity contribution in [3.8, 4) is 0 Å². The highest BCUT2D eigenvalue weighted by molar-refractivity contribution is 6.33. The van der Waals surface area contributed by atoms with Gasteiger partial charge in [-0.25, -0.2) is 0 Å². The first-order valence-electron chi connectivity index (χ1n) is 6.00. The average Bonchev–Trinajstić information content (AvgIpc) is 2.42. The molecule has 108 valence electrons. The van der Waals surface area contributed by atoms with Crippen LogP contribution in [0.3, 0.4) is 0 Å². The van der Waals surface area contributed by atoms with E-state index < -0.39 is 12.1 Å². The van der Waals surface area contributed by atoms with Gasteiger partial charge in [-0.3, -0.25) is 0 Å². The Kier molecular flexibility index (Phi) is 6.80. The number of halogens is 3. The second-order valence-electron chi connectivity index (χ2n) is 4.45. The fraction of sp³-hybridized carbons (Fsp3) is 0.200. The summed E-state index contributed by atoms with van der Waals surface area (Å²) in [5.74, 6) is 0. The van der Waals surface area contributed by atoms with Crippen molar-refractivity contribution < 1.29 is 5.11 Å². The zero-order valence-corrected chi connectivity index (χ0v) is 13.0. The number of aliphatic hydroxyl groups excluding tert-OH is 1. The first-order chi connectivity index (χ1) is 9.08. The van der Waals surface area contributed by atoms with Gasteiger partial charge in [0.25, 0.3) is 0 Å². The van der Waals surface area contributed by atoms with Crippen LogP contribution < -0.4 is 5.73 Å². The Morgan fingerprint density at radius 2 is 1.70 bits per heavy atom. The van der Waals surface area contributed by atoms with Gasteiger partial charge in [0.1, 0.15) is 0 Å². The Morgan fingerprint density at radius 1 is 1.05 bits per heavy atom.